The van der Waals surface area contributed by atoms with Gasteiger partial charge in [-0.25, -0.2) is 0 Å². The third-order valence-electron chi connectivity index (χ3n) is 2.74. The Morgan fingerprint density at radius 1 is 1.05 bits per heavy atom. The van der Waals surface area contributed by atoms with Gasteiger partial charge in [0.2, 0.25) is 5.91 Å². The highest BCUT2D eigenvalue weighted by atomic mass is 79.9. The van der Waals surface area contributed by atoms with Crippen molar-refractivity contribution < 1.29 is 9.59 Å². The van der Waals surface area contributed by atoms with Gasteiger partial charge in [0.25, 0.3) is 5.91 Å². The van der Waals surface area contributed by atoms with Crippen molar-refractivity contribution in [1.82, 2.24) is 10.6 Å². The van der Waals surface area contributed by atoms with Crippen molar-refractivity contribution in [3.8, 4) is 0 Å². The summed E-state index contributed by atoms with van der Waals surface area (Å²) in [6, 6.07) is 12.8. The van der Waals surface area contributed by atoms with Gasteiger partial charge in [-0.3, -0.25) is 9.59 Å². The first kappa shape index (κ1) is 16.5. The maximum atomic E-state index is 11.8. The van der Waals surface area contributed by atoms with Crippen molar-refractivity contribution in [3.05, 3.63) is 62.8 Å². The standard InChI is InChI=1S/C16H15BrN2O2S/c17-14-8-6-13(22-14)7-9-15(20)18-10-11-19-16(21)12-4-2-1-3-5-12/h1-9H,10-11H2,(H,18,20)(H,19,21)/b9-7+. The lowest BCUT2D eigenvalue weighted by atomic mass is 10.2. The zero-order valence-electron chi connectivity index (χ0n) is 11.7. The van der Waals surface area contributed by atoms with Crippen LogP contribution < -0.4 is 10.6 Å². The van der Waals surface area contributed by atoms with Crippen LogP contribution in [0, 0.1) is 0 Å². The average Bonchev–Trinajstić information content (AvgIpc) is 2.96. The molecule has 22 heavy (non-hydrogen) atoms. The topological polar surface area (TPSA) is 58.2 Å². The molecule has 0 spiro atoms. The van der Waals surface area contributed by atoms with Gasteiger partial charge in [-0.2, -0.15) is 0 Å². The number of hydrogen-bond donors (Lipinski definition) is 2. The van der Waals surface area contributed by atoms with Crippen LogP contribution in [-0.2, 0) is 4.79 Å². The largest absolute Gasteiger partial charge is 0.351 e. The van der Waals surface area contributed by atoms with E-state index in [1.54, 1.807) is 29.5 Å². The highest BCUT2D eigenvalue weighted by molar-refractivity contribution is 9.11. The molecule has 1 heterocycles. The predicted molar refractivity (Wildman–Crippen MR) is 92.8 cm³/mol. The Kier molecular flexibility index (Phi) is 6.36. The predicted octanol–water partition coefficient (Wildman–Crippen LogP) is 3.07. The fraction of sp³-hybridized carbons (Fsp3) is 0.125. The molecule has 2 N–H and O–H groups in total. The summed E-state index contributed by atoms with van der Waals surface area (Å²) in [4.78, 5) is 24.4. The molecule has 114 valence electrons. The summed E-state index contributed by atoms with van der Waals surface area (Å²) in [5, 5.41) is 5.47. The van der Waals surface area contributed by atoms with Gasteiger partial charge in [-0.1, -0.05) is 18.2 Å². The first-order valence-corrected chi connectivity index (χ1v) is 8.30. The van der Waals surface area contributed by atoms with Crippen molar-refractivity contribution in [2.75, 3.05) is 13.1 Å². The highest BCUT2D eigenvalue weighted by Crippen LogP contribution is 2.22. The van der Waals surface area contributed by atoms with Crippen LogP contribution in [0.2, 0.25) is 0 Å². The second-order valence-electron chi connectivity index (χ2n) is 4.39. The Morgan fingerprint density at radius 2 is 1.77 bits per heavy atom. The van der Waals surface area contributed by atoms with E-state index in [2.05, 4.69) is 26.6 Å². The van der Waals surface area contributed by atoms with Crippen LogP contribution >= 0.6 is 27.3 Å². The average molecular weight is 379 g/mol. The second kappa shape index (κ2) is 8.51. The van der Waals surface area contributed by atoms with E-state index in [1.807, 2.05) is 30.3 Å². The molecule has 0 aliphatic carbocycles. The van der Waals surface area contributed by atoms with Crippen LogP contribution in [0.3, 0.4) is 0 Å². The Balaban J connectivity index is 1.67. The first-order valence-electron chi connectivity index (χ1n) is 6.69. The van der Waals surface area contributed by atoms with E-state index in [9.17, 15) is 9.59 Å². The summed E-state index contributed by atoms with van der Waals surface area (Å²) < 4.78 is 1.02. The van der Waals surface area contributed by atoms with Gasteiger partial charge in [-0.15, -0.1) is 11.3 Å². The molecular weight excluding hydrogens is 364 g/mol. The first-order chi connectivity index (χ1) is 10.6. The number of halogens is 1. The van der Waals surface area contributed by atoms with Crippen LogP contribution in [0.4, 0.5) is 0 Å². The minimum atomic E-state index is -0.182. The van der Waals surface area contributed by atoms with E-state index in [0.29, 0.717) is 18.7 Å². The molecule has 0 aliphatic rings. The molecule has 1 aromatic heterocycles. The number of amides is 2. The fourth-order valence-corrected chi connectivity index (χ4v) is 3.01. The third-order valence-corrected chi connectivity index (χ3v) is 4.33. The quantitative estimate of drug-likeness (QED) is 0.599. The van der Waals surface area contributed by atoms with Crippen molar-refractivity contribution >= 4 is 45.2 Å². The summed E-state index contributed by atoms with van der Waals surface area (Å²) in [6.07, 6.45) is 3.24. The Labute approximate surface area is 141 Å². The van der Waals surface area contributed by atoms with Gasteiger partial charge >= 0.3 is 0 Å². The fourth-order valence-electron chi connectivity index (χ4n) is 1.69. The summed E-state index contributed by atoms with van der Waals surface area (Å²) in [7, 11) is 0. The lowest BCUT2D eigenvalue weighted by Gasteiger charge is -2.05. The molecule has 0 bridgehead atoms. The van der Waals surface area contributed by atoms with Crippen LogP contribution in [0.15, 0.2) is 52.3 Å². The maximum absolute atomic E-state index is 11.8. The second-order valence-corrected chi connectivity index (χ2v) is 6.88. The van der Waals surface area contributed by atoms with Crippen LogP contribution in [0.5, 0.6) is 0 Å². The molecule has 0 atom stereocenters. The van der Waals surface area contributed by atoms with E-state index in [-0.39, 0.29) is 11.8 Å². The molecule has 0 unspecified atom stereocenters. The summed E-state index contributed by atoms with van der Waals surface area (Å²) in [5.41, 5.74) is 0.608. The van der Waals surface area contributed by atoms with Crippen LogP contribution in [0.25, 0.3) is 6.08 Å². The Hall–Kier alpha value is -1.92. The number of benzene rings is 1. The lowest BCUT2D eigenvalue weighted by Crippen LogP contribution is -2.33. The molecule has 0 saturated heterocycles. The summed E-state index contributed by atoms with van der Waals surface area (Å²) in [5.74, 6) is -0.327. The molecule has 2 rings (SSSR count). The third kappa shape index (κ3) is 5.46. The highest BCUT2D eigenvalue weighted by Gasteiger charge is 2.03. The molecule has 6 heteroatoms. The van der Waals surface area contributed by atoms with Gasteiger partial charge in [0, 0.05) is 29.6 Å². The van der Waals surface area contributed by atoms with Crippen molar-refractivity contribution in [1.29, 1.82) is 0 Å². The SMILES string of the molecule is O=C(/C=C/c1ccc(Br)s1)NCCNC(=O)c1ccccc1. The molecule has 2 aromatic rings. The Morgan fingerprint density at radius 3 is 2.45 bits per heavy atom. The number of hydrogen-bond acceptors (Lipinski definition) is 3. The molecular formula is C16H15BrN2O2S. The lowest BCUT2D eigenvalue weighted by molar-refractivity contribution is -0.116. The zero-order chi connectivity index (χ0) is 15.8. The molecule has 4 nitrogen and oxygen atoms in total. The van der Waals surface area contributed by atoms with Crippen molar-refractivity contribution in [2.45, 2.75) is 0 Å². The molecule has 0 aliphatic heterocycles. The molecule has 0 radical (unpaired) electrons. The zero-order valence-corrected chi connectivity index (χ0v) is 14.1. The van der Waals surface area contributed by atoms with Crippen molar-refractivity contribution in [3.63, 3.8) is 0 Å². The van der Waals surface area contributed by atoms with E-state index in [1.165, 1.54) is 6.08 Å². The summed E-state index contributed by atoms with van der Waals surface area (Å²) >= 11 is 4.92. The number of carbonyl (C=O) groups excluding carboxylic acids is 2. The van der Waals surface area contributed by atoms with Crippen LogP contribution in [0.1, 0.15) is 15.2 Å². The number of nitrogens with one attached hydrogen (secondary N) is 2. The van der Waals surface area contributed by atoms with Crippen LogP contribution in [-0.4, -0.2) is 24.9 Å². The number of thiophene rings is 1. The number of carbonyl (C=O) groups is 2. The van der Waals surface area contributed by atoms with Crippen molar-refractivity contribution in [2.24, 2.45) is 0 Å². The van der Waals surface area contributed by atoms with E-state index >= 15 is 0 Å². The minimum absolute atomic E-state index is 0.145. The van der Waals surface area contributed by atoms with Gasteiger partial charge in [-0.05, 0) is 46.3 Å². The minimum Gasteiger partial charge on any atom is -0.351 e. The number of rotatable bonds is 6. The molecule has 2 amide bonds. The van der Waals surface area contributed by atoms with Gasteiger partial charge in [0.1, 0.15) is 0 Å². The van der Waals surface area contributed by atoms with Gasteiger partial charge < -0.3 is 10.6 Å². The monoisotopic (exact) mass is 378 g/mol. The van der Waals surface area contributed by atoms with E-state index in [4.69, 9.17) is 0 Å². The van der Waals surface area contributed by atoms with Gasteiger partial charge in [0.15, 0.2) is 0 Å². The normalized spacial score (nSPS) is 10.6. The van der Waals surface area contributed by atoms with E-state index in [0.717, 1.165) is 8.66 Å². The molecule has 0 fully saturated rings. The maximum Gasteiger partial charge on any atom is 0.251 e. The Bertz CT molecular complexity index is 668. The van der Waals surface area contributed by atoms with E-state index < -0.39 is 0 Å². The summed E-state index contributed by atoms with van der Waals surface area (Å²) in [6.45, 7) is 0.772. The smallest absolute Gasteiger partial charge is 0.251 e. The molecule has 0 saturated carbocycles. The van der Waals surface area contributed by atoms with Gasteiger partial charge in [0.05, 0.1) is 3.79 Å². The molecule has 1 aromatic carbocycles.